The summed E-state index contributed by atoms with van der Waals surface area (Å²) in [6, 6.07) is 0.937. The lowest BCUT2D eigenvalue weighted by atomic mass is 9.92. The average Bonchev–Trinajstić information content (AvgIpc) is 2.44. The molecular weight excluding hydrogens is 222 g/mol. The van der Waals surface area contributed by atoms with Crippen LogP contribution in [0.1, 0.15) is 34.1 Å². The van der Waals surface area contributed by atoms with Crippen LogP contribution in [-0.4, -0.2) is 44.0 Å². The molecule has 4 heteroatoms. The van der Waals surface area contributed by atoms with Gasteiger partial charge in [0.1, 0.15) is 9.84 Å². The molecule has 0 bridgehead atoms. The summed E-state index contributed by atoms with van der Waals surface area (Å²) >= 11 is 0. The van der Waals surface area contributed by atoms with Crippen LogP contribution >= 0.6 is 0 Å². The van der Waals surface area contributed by atoms with E-state index in [1.807, 2.05) is 0 Å². The summed E-state index contributed by atoms with van der Waals surface area (Å²) < 4.78 is 22.8. The van der Waals surface area contributed by atoms with Gasteiger partial charge in [0, 0.05) is 18.3 Å². The molecule has 0 saturated carbocycles. The van der Waals surface area contributed by atoms with E-state index in [-0.39, 0.29) is 0 Å². The average molecular weight is 247 g/mol. The fourth-order valence-electron chi connectivity index (χ4n) is 3.01. The first-order valence-corrected chi connectivity index (χ1v) is 8.22. The summed E-state index contributed by atoms with van der Waals surface area (Å²) in [7, 11) is -2.85. The fourth-order valence-corrected chi connectivity index (χ4v) is 4.15. The molecule has 0 aromatic carbocycles. The Kier molecular flexibility index (Phi) is 4.41. The van der Waals surface area contributed by atoms with Crippen LogP contribution in [0.3, 0.4) is 0 Å². The lowest BCUT2D eigenvalue weighted by Crippen LogP contribution is -2.42. The Morgan fingerprint density at radius 2 is 1.81 bits per heavy atom. The van der Waals surface area contributed by atoms with Crippen LogP contribution in [-0.2, 0) is 9.84 Å². The van der Waals surface area contributed by atoms with Gasteiger partial charge >= 0.3 is 0 Å². The van der Waals surface area contributed by atoms with E-state index in [2.05, 4.69) is 32.6 Å². The third kappa shape index (κ3) is 3.45. The van der Waals surface area contributed by atoms with E-state index in [9.17, 15) is 8.42 Å². The van der Waals surface area contributed by atoms with Gasteiger partial charge in [-0.15, -0.1) is 0 Å². The maximum absolute atomic E-state index is 11.4. The molecule has 1 saturated heterocycles. The summed E-state index contributed by atoms with van der Waals surface area (Å²) in [5, 5.41) is 0. The summed E-state index contributed by atoms with van der Waals surface area (Å²) in [5.41, 5.74) is 0. The van der Waals surface area contributed by atoms with Gasteiger partial charge in [-0.2, -0.15) is 0 Å². The van der Waals surface area contributed by atoms with Gasteiger partial charge in [0.15, 0.2) is 0 Å². The molecule has 0 aliphatic carbocycles. The van der Waals surface area contributed by atoms with Gasteiger partial charge in [0.25, 0.3) is 0 Å². The molecule has 0 N–H and O–H groups in total. The van der Waals surface area contributed by atoms with Crippen molar-refractivity contribution >= 4 is 9.84 Å². The summed E-state index contributed by atoms with van der Waals surface area (Å²) in [6.45, 7) is 9.82. The van der Waals surface area contributed by atoms with E-state index in [1.165, 1.54) is 6.26 Å². The molecule has 96 valence electrons. The van der Waals surface area contributed by atoms with Crippen molar-refractivity contribution in [3.8, 4) is 0 Å². The first-order chi connectivity index (χ1) is 7.22. The van der Waals surface area contributed by atoms with Crippen LogP contribution in [0, 0.1) is 11.8 Å². The monoisotopic (exact) mass is 247 g/mol. The lowest BCUT2D eigenvalue weighted by molar-refractivity contribution is 0.146. The molecule has 3 nitrogen and oxygen atoms in total. The van der Waals surface area contributed by atoms with Crippen molar-refractivity contribution < 1.29 is 8.42 Å². The Hall–Kier alpha value is -0.0900. The highest BCUT2D eigenvalue weighted by molar-refractivity contribution is 7.90. The van der Waals surface area contributed by atoms with Crippen molar-refractivity contribution in [2.24, 2.45) is 11.8 Å². The Morgan fingerprint density at radius 3 is 2.19 bits per heavy atom. The van der Waals surface area contributed by atoms with E-state index in [4.69, 9.17) is 0 Å². The van der Waals surface area contributed by atoms with E-state index in [0.29, 0.717) is 29.7 Å². The maximum atomic E-state index is 11.4. The largest absolute Gasteiger partial charge is 0.297 e. The van der Waals surface area contributed by atoms with E-state index in [1.54, 1.807) is 0 Å². The third-order valence-electron chi connectivity index (χ3n) is 3.49. The first kappa shape index (κ1) is 14.0. The SMILES string of the molecule is CC(C)C1C(CS(C)(=O)=O)CCN1C(C)C. The van der Waals surface area contributed by atoms with Gasteiger partial charge in [0.2, 0.25) is 0 Å². The van der Waals surface area contributed by atoms with Gasteiger partial charge in [0.05, 0.1) is 5.75 Å². The first-order valence-electron chi connectivity index (χ1n) is 6.16. The standard InChI is InChI=1S/C12H25NO2S/c1-9(2)12-11(8-16(5,14)15)6-7-13(12)10(3)4/h9-12H,6-8H2,1-5H3. The zero-order chi connectivity index (χ0) is 12.5. The Morgan fingerprint density at radius 1 is 1.25 bits per heavy atom. The molecule has 1 fully saturated rings. The number of likely N-dealkylation sites (tertiary alicyclic amines) is 1. The molecule has 0 spiro atoms. The quantitative estimate of drug-likeness (QED) is 0.760. The van der Waals surface area contributed by atoms with Gasteiger partial charge in [-0.05, 0) is 38.6 Å². The molecule has 0 radical (unpaired) electrons. The molecule has 1 aliphatic heterocycles. The van der Waals surface area contributed by atoms with Crippen LogP contribution < -0.4 is 0 Å². The van der Waals surface area contributed by atoms with Crippen molar-refractivity contribution in [2.75, 3.05) is 18.6 Å². The Balaban J connectivity index is 2.80. The van der Waals surface area contributed by atoms with E-state index >= 15 is 0 Å². The molecule has 16 heavy (non-hydrogen) atoms. The lowest BCUT2D eigenvalue weighted by Gasteiger charge is -2.34. The van der Waals surface area contributed by atoms with Crippen molar-refractivity contribution in [2.45, 2.75) is 46.2 Å². The second-order valence-electron chi connectivity index (χ2n) is 5.71. The van der Waals surface area contributed by atoms with Crippen LogP contribution in [0.4, 0.5) is 0 Å². The van der Waals surface area contributed by atoms with Gasteiger partial charge in [-0.25, -0.2) is 8.42 Å². The molecular formula is C12H25NO2S. The van der Waals surface area contributed by atoms with Crippen LogP contribution in [0.15, 0.2) is 0 Å². The Bertz CT molecular complexity index is 322. The second kappa shape index (κ2) is 5.05. The summed E-state index contributed by atoms with van der Waals surface area (Å²) in [6.07, 6.45) is 2.37. The molecule has 2 unspecified atom stereocenters. The number of hydrogen-bond donors (Lipinski definition) is 0. The molecule has 1 rings (SSSR count). The highest BCUT2D eigenvalue weighted by Gasteiger charge is 2.38. The second-order valence-corrected chi connectivity index (χ2v) is 7.89. The number of sulfone groups is 1. The minimum Gasteiger partial charge on any atom is -0.297 e. The van der Waals surface area contributed by atoms with Crippen LogP contribution in [0.5, 0.6) is 0 Å². The highest BCUT2D eigenvalue weighted by Crippen LogP contribution is 2.32. The minimum atomic E-state index is -2.85. The molecule has 2 atom stereocenters. The van der Waals surface area contributed by atoms with E-state index in [0.717, 1.165) is 13.0 Å². The normalized spacial score (nSPS) is 28.2. The van der Waals surface area contributed by atoms with Crippen LogP contribution in [0.25, 0.3) is 0 Å². The van der Waals surface area contributed by atoms with Crippen LogP contribution in [0.2, 0.25) is 0 Å². The van der Waals surface area contributed by atoms with Crippen molar-refractivity contribution in [1.82, 2.24) is 4.90 Å². The zero-order valence-corrected chi connectivity index (χ0v) is 11.9. The Labute approximate surface area is 100 Å². The molecule has 1 heterocycles. The number of nitrogens with zero attached hydrogens (tertiary/aromatic N) is 1. The topological polar surface area (TPSA) is 37.4 Å². The zero-order valence-electron chi connectivity index (χ0n) is 11.1. The maximum Gasteiger partial charge on any atom is 0.147 e. The number of rotatable bonds is 4. The third-order valence-corrected chi connectivity index (χ3v) is 4.52. The molecule has 0 amide bonds. The minimum absolute atomic E-state index is 0.317. The van der Waals surface area contributed by atoms with Crippen molar-refractivity contribution in [1.29, 1.82) is 0 Å². The van der Waals surface area contributed by atoms with Crippen molar-refractivity contribution in [3.05, 3.63) is 0 Å². The van der Waals surface area contributed by atoms with Gasteiger partial charge in [-0.1, -0.05) is 13.8 Å². The van der Waals surface area contributed by atoms with Gasteiger partial charge < -0.3 is 0 Å². The van der Waals surface area contributed by atoms with Crippen molar-refractivity contribution in [3.63, 3.8) is 0 Å². The molecule has 0 aromatic rings. The summed E-state index contributed by atoms with van der Waals surface area (Å²) in [5.74, 6) is 1.19. The predicted octanol–water partition coefficient (Wildman–Crippen LogP) is 1.79. The smallest absolute Gasteiger partial charge is 0.147 e. The molecule has 1 aliphatic rings. The number of hydrogen-bond acceptors (Lipinski definition) is 3. The molecule has 0 aromatic heterocycles. The predicted molar refractivity (Wildman–Crippen MR) is 68.3 cm³/mol. The van der Waals surface area contributed by atoms with E-state index < -0.39 is 9.84 Å². The summed E-state index contributed by atoms with van der Waals surface area (Å²) in [4.78, 5) is 2.46. The fraction of sp³-hybridized carbons (Fsp3) is 1.00. The highest BCUT2D eigenvalue weighted by atomic mass is 32.2. The van der Waals surface area contributed by atoms with Gasteiger partial charge in [-0.3, -0.25) is 4.90 Å².